The summed E-state index contributed by atoms with van der Waals surface area (Å²) in [6.07, 6.45) is 5.87. The van der Waals surface area contributed by atoms with Crippen LogP contribution < -0.4 is 10.6 Å². The van der Waals surface area contributed by atoms with Gasteiger partial charge < -0.3 is 24.3 Å². The Kier molecular flexibility index (Phi) is 6.68. The molecular weight excluding hydrogens is 489 g/mol. The number of carbonyl (C=O) groups excluding carboxylic acids is 4. The molecule has 1 aromatic carbocycles. The predicted molar refractivity (Wildman–Crippen MR) is 136 cm³/mol. The van der Waals surface area contributed by atoms with Crippen molar-refractivity contribution in [1.29, 1.82) is 0 Å². The maximum absolute atomic E-state index is 13.9. The van der Waals surface area contributed by atoms with Gasteiger partial charge in [-0.3, -0.25) is 14.6 Å². The Morgan fingerprint density at radius 3 is 2.29 bits per heavy atom. The Morgan fingerprint density at radius 2 is 1.71 bits per heavy atom. The second-order valence-electron chi connectivity index (χ2n) is 11.0. The van der Waals surface area contributed by atoms with E-state index in [0.29, 0.717) is 19.3 Å². The number of nitrogens with zero attached hydrogens (tertiary/aromatic N) is 3. The van der Waals surface area contributed by atoms with E-state index in [4.69, 9.17) is 9.31 Å². The van der Waals surface area contributed by atoms with Crippen molar-refractivity contribution in [2.24, 2.45) is 5.92 Å². The van der Waals surface area contributed by atoms with Crippen LogP contribution in [0.1, 0.15) is 49.2 Å². The SMILES string of the molecule is CC(C)C[C@H](NC(=O)[C@H](Cc1ccccc1)NC(=O)c1cnccn1)[B-]12OC(=O)[C@@H]3CC[C@@H](C(=O)O1)[N+]32C. The zero-order valence-corrected chi connectivity index (χ0v) is 21.7. The quantitative estimate of drug-likeness (QED) is 0.465. The fourth-order valence-electron chi connectivity index (χ4n) is 6.41. The Bertz CT molecular complexity index is 1220. The van der Waals surface area contributed by atoms with Crippen molar-refractivity contribution in [2.75, 3.05) is 7.05 Å². The highest BCUT2D eigenvalue weighted by Crippen LogP contribution is 2.51. The van der Waals surface area contributed by atoms with Crippen LogP contribution in [0.4, 0.5) is 0 Å². The molecule has 1 aromatic heterocycles. The van der Waals surface area contributed by atoms with Gasteiger partial charge in [0.2, 0.25) is 5.91 Å². The van der Waals surface area contributed by atoms with E-state index in [1.807, 2.05) is 51.2 Å². The van der Waals surface area contributed by atoms with E-state index in [1.165, 1.54) is 18.6 Å². The van der Waals surface area contributed by atoms with Gasteiger partial charge in [0.1, 0.15) is 23.8 Å². The molecule has 2 amide bonds. The van der Waals surface area contributed by atoms with E-state index in [-0.39, 0.29) is 22.4 Å². The van der Waals surface area contributed by atoms with Crippen molar-refractivity contribution < 1.29 is 32.9 Å². The van der Waals surface area contributed by atoms with Crippen LogP contribution in [0.3, 0.4) is 0 Å². The summed E-state index contributed by atoms with van der Waals surface area (Å²) in [5, 5.41) is 5.81. The topological polar surface area (TPSA) is 137 Å². The number of hydrogen-bond acceptors (Lipinski definition) is 8. The van der Waals surface area contributed by atoms with Gasteiger partial charge >= 0.3 is 18.6 Å². The third kappa shape index (κ3) is 4.22. The van der Waals surface area contributed by atoms with Crippen molar-refractivity contribution in [3.05, 3.63) is 60.2 Å². The molecule has 3 aliphatic rings. The average molecular weight is 521 g/mol. The van der Waals surface area contributed by atoms with Crippen LogP contribution >= 0.6 is 0 Å². The van der Waals surface area contributed by atoms with Crippen LogP contribution in [0.2, 0.25) is 0 Å². The Morgan fingerprint density at radius 1 is 1.05 bits per heavy atom. The maximum atomic E-state index is 13.9. The number of amides is 2. The minimum atomic E-state index is -2.55. The van der Waals surface area contributed by atoms with E-state index in [0.717, 1.165) is 5.56 Å². The standard InChI is InChI=1S/C26H32BN5O6/c1-16(2)13-22(27-32(3)20(25(35)37-27)9-10-21(32)26(36)38-27)31-23(33)18(14-17-7-5-4-6-8-17)30-24(34)19-15-28-11-12-29-19/h4-8,11-12,15-16,18,20-22H,9-10,13-14H2,1-3H3,(H,30,34)(H,31,33)/t18-,20-,21-,22-,27?,32?/m0/s1. The first-order valence-electron chi connectivity index (χ1n) is 13.0. The molecule has 0 radical (unpaired) electrons. The van der Waals surface area contributed by atoms with Gasteiger partial charge in [0.15, 0.2) is 0 Å². The molecule has 5 rings (SSSR count). The molecule has 4 atom stereocenters. The van der Waals surface area contributed by atoms with E-state index in [9.17, 15) is 19.2 Å². The highest BCUT2D eigenvalue weighted by Gasteiger charge is 2.78. The summed E-state index contributed by atoms with van der Waals surface area (Å²) < 4.78 is 11.9. The van der Waals surface area contributed by atoms with Gasteiger partial charge in [0, 0.05) is 38.7 Å². The summed E-state index contributed by atoms with van der Waals surface area (Å²) in [6.45, 7) is 1.41. The maximum Gasteiger partial charge on any atom is 0.605 e. The molecule has 2 aromatic rings. The summed E-state index contributed by atoms with van der Waals surface area (Å²) in [5.41, 5.74) is 0.921. The first-order chi connectivity index (χ1) is 18.2. The predicted octanol–water partition coefficient (Wildman–Crippen LogP) is 0.918. The molecular formula is C26H32BN5O6. The van der Waals surface area contributed by atoms with E-state index in [2.05, 4.69) is 20.6 Å². The van der Waals surface area contributed by atoms with E-state index < -0.39 is 54.5 Å². The van der Waals surface area contributed by atoms with Gasteiger partial charge in [-0.05, 0) is 17.9 Å². The van der Waals surface area contributed by atoms with Crippen molar-refractivity contribution in [2.45, 2.75) is 63.6 Å². The zero-order valence-electron chi connectivity index (χ0n) is 21.7. The lowest BCUT2D eigenvalue weighted by Crippen LogP contribution is -2.74. The van der Waals surface area contributed by atoms with Gasteiger partial charge in [-0.1, -0.05) is 44.2 Å². The van der Waals surface area contributed by atoms with E-state index in [1.54, 1.807) is 0 Å². The lowest BCUT2D eigenvalue weighted by molar-refractivity contribution is -0.829. The zero-order chi connectivity index (χ0) is 27.1. The molecule has 200 valence electrons. The fourth-order valence-corrected chi connectivity index (χ4v) is 6.41. The van der Waals surface area contributed by atoms with Crippen LogP contribution in [-0.2, 0) is 30.1 Å². The van der Waals surface area contributed by atoms with Crippen LogP contribution in [-0.4, -0.2) is 75.9 Å². The fraction of sp³-hybridized carbons (Fsp3) is 0.462. The van der Waals surface area contributed by atoms with Gasteiger partial charge in [0.05, 0.1) is 12.1 Å². The molecule has 0 unspecified atom stereocenters. The summed E-state index contributed by atoms with van der Waals surface area (Å²) >= 11 is 0. The van der Waals surface area contributed by atoms with Crippen LogP contribution in [0.15, 0.2) is 48.9 Å². The summed E-state index contributed by atoms with van der Waals surface area (Å²) in [4.78, 5) is 60.6. The third-order valence-corrected chi connectivity index (χ3v) is 8.21. The second kappa shape index (κ2) is 9.82. The molecule has 3 fully saturated rings. The molecule has 3 aliphatic heterocycles. The molecule has 0 bridgehead atoms. The van der Waals surface area contributed by atoms with Gasteiger partial charge in [0.25, 0.3) is 5.91 Å². The highest BCUT2D eigenvalue weighted by molar-refractivity contribution is 6.68. The van der Waals surface area contributed by atoms with Crippen molar-refractivity contribution >= 4 is 30.4 Å². The number of nitrogens with one attached hydrogen (secondary N) is 2. The van der Waals surface area contributed by atoms with Crippen LogP contribution in [0.25, 0.3) is 0 Å². The number of rotatable bonds is 9. The van der Waals surface area contributed by atoms with Gasteiger partial charge in [-0.15, -0.1) is 0 Å². The highest BCUT2D eigenvalue weighted by atomic mass is 16.7. The van der Waals surface area contributed by atoms with Crippen LogP contribution in [0.5, 0.6) is 0 Å². The summed E-state index contributed by atoms with van der Waals surface area (Å²) in [7, 11) is 1.83. The minimum absolute atomic E-state index is 0.0324. The molecule has 11 nitrogen and oxygen atoms in total. The summed E-state index contributed by atoms with van der Waals surface area (Å²) in [5.74, 6) is -2.50. The molecule has 0 spiro atoms. The number of hydrogen-bond donors (Lipinski definition) is 2. The molecule has 12 heteroatoms. The minimum Gasteiger partial charge on any atom is -0.599 e. The van der Waals surface area contributed by atoms with Crippen molar-refractivity contribution in [1.82, 2.24) is 20.6 Å². The molecule has 38 heavy (non-hydrogen) atoms. The second-order valence-corrected chi connectivity index (χ2v) is 11.0. The van der Waals surface area contributed by atoms with Crippen molar-refractivity contribution in [3.63, 3.8) is 0 Å². The Balaban J connectivity index is 1.45. The lowest BCUT2D eigenvalue weighted by Gasteiger charge is -2.47. The van der Waals surface area contributed by atoms with Gasteiger partial charge in [-0.2, -0.15) is 0 Å². The number of quaternary nitrogens is 1. The molecule has 3 saturated heterocycles. The van der Waals surface area contributed by atoms with E-state index >= 15 is 0 Å². The Labute approximate surface area is 220 Å². The normalized spacial score (nSPS) is 28.8. The molecule has 4 heterocycles. The molecule has 0 saturated carbocycles. The number of carbonyl (C=O) groups is 4. The summed E-state index contributed by atoms with van der Waals surface area (Å²) in [6, 6.07) is 7.33. The molecule has 2 N–H and O–H groups in total. The first kappa shape index (κ1) is 25.8. The largest absolute Gasteiger partial charge is 0.605 e. The lowest BCUT2D eigenvalue weighted by atomic mass is 9.57. The third-order valence-electron chi connectivity index (χ3n) is 8.21. The van der Waals surface area contributed by atoms with Crippen molar-refractivity contribution in [3.8, 4) is 0 Å². The van der Waals surface area contributed by atoms with Crippen LogP contribution in [0, 0.1) is 5.92 Å². The smallest absolute Gasteiger partial charge is 0.599 e. The molecule has 0 aliphatic carbocycles. The number of benzene rings is 1. The number of likely N-dealkylation sites (N-methyl/N-ethyl adjacent to an activating group) is 1. The van der Waals surface area contributed by atoms with Gasteiger partial charge in [-0.25, -0.2) is 14.6 Å². The monoisotopic (exact) mass is 521 g/mol. The average Bonchev–Trinajstić information content (AvgIpc) is 3.45. The first-order valence-corrected chi connectivity index (χ1v) is 13.0. The number of aromatic nitrogens is 2. The Hall–Kier alpha value is -3.80.